The average molecular weight is 261 g/mol. The summed E-state index contributed by atoms with van der Waals surface area (Å²) >= 11 is 0.983. The van der Waals surface area contributed by atoms with Gasteiger partial charge in [0.1, 0.15) is 5.75 Å². The van der Waals surface area contributed by atoms with Gasteiger partial charge in [0.25, 0.3) is 5.24 Å². The third kappa shape index (κ3) is 5.04. The normalized spacial score (nSPS) is 11.1. The summed E-state index contributed by atoms with van der Waals surface area (Å²) in [5, 5.41) is -0.448. The Morgan fingerprint density at radius 3 is 2.38 bits per heavy atom. The highest BCUT2D eigenvalue weighted by molar-refractivity contribution is 8.12. The van der Waals surface area contributed by atoms with Gasteiger partial charge in [0.05, 0.1) is 6.26 Å². The minimum atomic E-state index is -3.50. The summed E-state index contributed by atoms with van der Waals surface area (Å²) in [6.45, 7) is 0. The van der Waals surface area contributed by atoms with Crippen LogP contribution in [-0.4, -0.2) is 19.9 Å². The molecule has 0 aromatic heterocycles. The molecule has 0 spiro atoms. The van der Waals surface area contributed by atoms with E-state index in [-0.39, 0.29) is 5.75 Å². The van der Waals surface area contributed by atoms with Crippen LogP contribution in [0.4, 0.5) is 4.79 Å². The molecule has 88 valence electrons. The number of hydrogen-bond donors (Lipinski definition) is 1. The van der Waals surface area contributed by atoms with Gasteiger partial charge in [-0.1, -0.05) is 23.9 Å². The van der Waals surface area contributed by atoms with E-state index in [1.807, 2.05) is 0 Å². The fourth-order valence-electron chi connectivity index (χ4n) is 0.970. The van der Waals surface area contributed by atoms with Crippen molar-refractivity contribution >= 4 is 27.1 Å². The van der Waals surface area contributed by atoms with E-state index >= 15 is 0 Å². The van der Waals surface area contributed by atoms with Gasteiger partial charge in [-0.3, -0.25) is 4.79 Å². The van der Waals surface area contributed by atoms with Crippen LogP contribution in [0.15, 0.2) is 24.3 Å². The SMILES string of the molecule is CS(=O)(=O)Oc1ccc(CSC(N)=O)cc1. The molecule has 0 saturated heterocycles. The van der Waals surface area contributed by atoms with Crippen LogP contribution in [0.2, 0.25) is 0 Å². The van der Waals surface area contributed by atoms with Gasteiger partial charge in [-0.05, 0) is 17.7 Å². The molecule has 0 fully saturated rings. The van der Waals surface area contributed by atoms with E-state index in [2.05, 4.69) is 4.18 Å². The van der Waals surface area contributed by atoms with Crippen molar-refractivity contribution in [1.82, 2.24) is 0 Å². The molecule has 0 saturated carbocycles. The maximum Gasteiger partial charge on any atom is 0.306 e. The standard InChI is InChI=1S/C9H11NO4S2/c1-16(12,13)14-8-4-2-7(3-5-8)6-15-9(10)11/h2-5H,6H2,1H3,(H2,10,11). The van der Waals surface area contributed by atoms with E-state index in [4.69, 9.17) is 5.73 Å². The van der Waals surface area contributed by atoms with Gasteiger partial charge in [-0.15, -0.1) is 0 Å². The smallest absolute Gasteiger partial charge is 0.306 e. The Morgan fingerprint density at radius 2 is 1.94 bits per heavy atom. The van der Waals surface area contributed by atoms with Crippen molar-refractivity contribution in [2.75, 3.05) is 6.26 Å². The summed E-state index contributed by atoms with van der Waals surface area (Å²) in [5.74, 6) is 0.699. The summed E-state index contributed by atoms with van der Waals surface area (Å²) in [6, 6.07) is 6.41. The fourth-order valence-corrected chi connectivity index (χ4v) is 1.93. The molecule has 0 aliphatic heterocycles. The Kier molecular flexibility index (Phi) is 4.19. The number of rotatable bonds is 4. The van der Waals surface area contributed by atoms with Crippen molar-refractivity contribution in [1.29, 1.82) is 0 Å². The quantitative estimate of drug-likeness (QED) is 0.826. The number of benzene rings is 1. The van der Waals surface area contributed by atoms with Crippen LogP contribution < -0.4 is 9.92 Å². The molecule has 0 heterocycles. The predicted molar refractivity (Wildman–Crippen MR) is 62.8 cm³/mol. The molecule has 0 atom stereocenters. The highest BCUT2D eigenvalue weighted by Crippen LogP contribution is 2.17. The first-order valence-electron chi connectivity index (χ1n) is 4.27. The Morgan fingerprint density at radius 1 is 1.38 bits per heavy atom. The number of primary amides is 1. The number of hydrogen-bond acceptors (Lipinski definition) is 5. The molecule has 1 rings (SSSR count). The average Bonchev–Trinajstić information content (AvgIpc) is 2.14. The van der Waals surface area contributed by atoms with Gasteiger partial charge >= 0.3 is 10.1 Å². The number of amides is 1. The van der Waals surface area contributed by atoms with Gasteiger partial charge in [-0.25, -0.2) is 0 Å². The van der Waals surface area contributed by atoms with Crippen molar-refractivity contribution in [3.05, 3.63) is 29.8 Å². The van der Waals surface area contributed by atoms with Crippen LogP contribution >= 0.6 is 11.8 Å². The molecule has 0 unspecified atom stereocenters. The van der Waals surface area contributed by atoms with Gasteiger partial charge in [0.15, 0.2) is 0 Å². The maximum atomic E-state index is 10.8. The Bertz CT molecular complexity index is 467. The Hall–Kier alpha value is -1.21. The lowest BCUT2D eigenvalue weighted by Gasteiger charge is -2.03. The van der Waals surface area contributed by atoms with E-state index in [1.54, 1.807) is 12.1 Å². The van der Waals surface area contributed by atoms with E-state index in [9.17, 15) is 13.2 Å². The van der Waals surface area contributed by atoms with Crippen molar-refractivity contribution in [2.45, 2.75) is 5.75 Å². The number of carbonyl (C=O) groups excluding carboxylic acids is 1. The molecular weight excluding hydrogens is 250 g/mol. The second-order valence-corrected chi connectivity index (χ2v) is 5.59. The van der Waals surface area contributed by atoms with Crippen LogP contribution in [0.1, 0.15) is 5.56 Å². The highest BCUT2D eigenvalue weighted by atomic mass is 32.2. The molecule has 5 nitrogen and oxygen atoms in total. The summed E-state index contributed by atoms with van der Waals surface area (Å²) in [6.07, 6.45) is 0.976. The van der Waals surface area contributed by atoms with Crippen molar-refractivity contribution in [3.8, 4) is 5.75 Å². The van der Waals surface area contributed by atoms with Crippen molar-refractivity contribution in [2.24, 2.45) is 5.73 Å². The summed E-state index contributed by atoms with van der Waals surface area (Å²) in [5.41, 5.74) is 5.84. The van der Waals surface area contributed by atoms with Crippen LogP contribution in [0.5, 0.6) is 5.75 Å². The minimum absolute atomic E-state index is 0.246. The predicted octanol–water partition coefficient (Wildman–Crippen LogP) is 1.34. The monoisotopic (exact) mass is 261 g/mol. The molecule has 0 aliphatic carbocycles. The van der Waals surface area contributed by atoms with Gasteiger partial charge < -0.3 is 9.92 Å². The summed E-state index contributed by atoms with van der Waals surface area (Å²) < 4.78 is 26.3. The van der Waals surface area contributed by atoms with Crippen LogP contribution in [0, 0.1) is 0 Å². The first-order valence-corrected chi connectivity index (χ1v) is 7.07. The third-order valence-electron chi connectivity index (χ3n) is 1.55. The van der Waals surface area contributed by atoms with E-state index in [0.29, 0.717) is 5.75 Å². The molecule has 16 heavy (non-hydrogen) atoms. The lowest BCUT2D eigenvalue weighted by Crippen LogP contribution is -2.05. The minimum Gasteiger partial charge on any atom is -0.383 e. The van der Waals surface area contributed by atoms with Crippen LogP contribution in [-0.2, 0) is 15.9 Å². The Balaban J connectivity index is 2.64. The fraction of sp³-hybridized carbons (Fsp3) is 0.222. The maximum absolute atomic E-state index is 10.8. The van der Waals surface area contributed by atoms with Gasteiger partial charge in [0, 0.05) is 5.75 Å². The van der Waals surface area contributed by atoms with E-state index < -0.39 is 15.4 Å². The molecule has 2 N–H and O–H groups in total. The molecule has 0 radical (unpaired) electrons. The molecule has 0 aliphatic rings. The zero-order valence-corrected chi connectivity index (χ0v) is 10.2. The lowest BCUT2D eigenvalue weighted by molar-refractivity contribution is 0.267. The highest BCUT2D eigenvalue weighted by Gasteiger charge is 2.04. The largest absolute Gasteiger partial charge is 0.383 e. The van der Waals surface area contributed by atoms with Crippen molar-refractivity contribution in [3.63, 3.8) is 0 Å². The van der Waals surface area contributed by atoms with Crippen molar-refractivity contribution < 1.29 is 17.4 Å². The third-order valence-corrected chi connectivity index (χ3v) is 2.81. The molecule has 7 heteroatoms. The molecule has 0 bridgehead atoms. The zero-order valence-electron chi connectivity index (χ0n) is 8.54. The molecule has 1 amide bonds. The van der Waals surface area contributed by atoms with E-state index in [1.165, 1.54) is 12.1 Å². The zero-order chi connectivity index (χ0) is 12.2. The summed E-state index contributed by atoms with van der Waals surface area (Å²) in [7, 11) is -3.50. The second kappa shape index (κ2) is 5.22. The summed E-state index contributed by atoms with van der Waals surface area (Å²) in [4.78, 5) is 10.5. The molecular formula is C9H11NO4S2. The van der Waals surface area contributed by atoms with Crippen LogP contribution in [0.3, 0.4) is 0 Å². The second-order valence-electron chi connectivity index (χ2n) is 3.04. The molecule has 1 aromatic rings. The first-order chi connectivity index (χ1) is 7.37. The lowest BCUT2D eigenvalue weighted by atomic mass is 10.2. The number of thioether (sulfide) groups is 1. The number of nitrogens with two attached hydrogens (primary N) is 1. The topological polar surface area (TPSA) is 86.5 Å². The number of carbonyl (C=O) groups is 1. The van der Waals surface area contributed by atoms with E-state index in [0.717, 1.165) is 23.6 Å². The van der Waals surface area contributed by atoms with Crippen LogP contribution in [0.25, 0.3) is 0 Å². The first kappa shape index (κ1) is 12.9. The Labute approximate surface area is 98.1 Å². The molecule has 1 aromatic carbocycles. The van der Waals surface area contributed by atoms with Gasteiger partial charge in [0.2, 0.25) is 0 Å². The van der Waals surface area contributed by atoms with Gasteiger partial charge in [-0.2, -0.15) is 8.42 Å².